The first-order valence-corrected chi connectivity index (χ1v) is 11.6. The van der Waals surface area contributed by atoms with Gasteiger partial charge in [-0.15, -0.1) is 0 Å². The topological polar surface area (TPSA) is 42.2 Å². The summed E-state index contributed by atoms with van der Waals surface area (Å²) < 4.78 is 12.3. The predicted molar refractivity (Wildman–Crippen MR) is 139 cm³/mol. The number of nitrogens with zero attached hydrogens (tertiary/aromatic N) is 1. The summed E-state index contributed by atoms with van der Waals surface area (Å²) in [6, 6.07) is 25.4. The molecule has 4 rings (SSSR count). The fourth-order valence-electron chi connectivity index (χ4n) is 3.42. The molecule has 164 valence electrons. The Morgan fingerprint density at radius 1 is 0.939 bits per heavy atom. The molecule has 0 spiro atoms. The molecule has 0 aromatic heterocycles. The zero-order valence-corrected chi connectivity index (χ0v) is 20.7. The van der Waals surface area contributed by atoms with Crippen LogP contribution in [0.1, 0.15) is 16.7 Å². The second-order valence-electron chi connectivity index (χ2n) is 7.29. The zero-order valence-electron chi connectivity index (χ0n) is 17.6. The molecule has 0 aliphatic carbocycles. The molecule has 4 aromatic carbocycles. The molecule has 0 saturated carbocycles. The fraction of sp³-hybridized carbons (Fsp3) is 0.0741. The third-order valence-electron chi connectivity index (χ3n) is 5.14. The highest BCUT2D eigenvalue weighted by Crippen LogP contribution is 2.36. The van der Waals surface area contributed by atoms with Crippen molar-refractivity contribution in [2.75, 3.05) is 7.11 Å². The van der Waals surface area contributed by atoms with Gasteiger partial charge in [-0.3, -0.25) is 0 Å². The van der Waals surface area contributed by atoms with Gasteiger partial charge in [-0.2, -0.15) is 5.26 Å². The maximum absolute atomic E-state index is 9.83. The van der Waals surface area contributed by atoms with Crippen LogP contribution < -0.4 is 9.47 Å². The van der Waals surface area contributed by atoms with E-state index in [2.05, 4.69) is 22.0 Å². The Morgan fingerprint density at radius 3 is 2.45 bits per heavy atom. The smallest absolute Gasteiger partial charge is 0.162 e. The summed E-state index contributed by atoms with van der Waals surface area (Å²) in [5.41, 5.74) is 3.09. The van der Waals surface area contributed by atoms with Gasteiger partial charge in [0.25, 0.3) is 0 Å². The van der Waals surface area contributed by atoms with E-state index in [0.717, 1.165) is 31.9 Å². The minimum absolute atomic E-state index is 0.301. The normalized spacial score (nSPS) is 11.3. The third kappa shape index (κ3) is 5.34. The van der Waals surface area contributed by atoms with Crippen molar-refractivity contribution in [1.29, 1.82) is 5.26 Å². The molecule has 0 N–H and O–H groups in total. The highest BCUT2D eigenvalue weighted by Gasteiger charge is 2.12. The highest BCUT2D eigenvalue weighted by atomic mass is 79.9. The summed E-state index contributed by atoms with van der Waals surface area (Å²) in [5.74, 6) is 1.12. The number of rotatable bonds is 6. The molecule has 33 heavy (non-hydrogen) atoms. The van der Waals surface area contributed by atoms with Crippen LogP contribution in [0, 0.1) is 11.3 Å². The van der Waals surface area contributed by atoms with E-state index in [9.17, 15) is 5.26 Å². The van der Waals surface area contributed by atoms with Crippen LogP contribution in [-0.2, 0) is 6.61 Å². The van der Waals surface area contributed by atoms with E-state index in [1.807, 2.05) is 66.7 Å². The molecular weight excluding hydrogens is 521 g/mol. The van der Waals surface area contributed by atoms with Gasteiger partial charge in [-0.1, -0.05) is 81.6 Å². The summed E-state index contributed by atoms with van der Waals surface area (Å²) in [5, 5.41) is 13.0. The molecule has 0 aliphatic heterocycles. The van der Waals surface area contributed by atoms with E-state index >= 15 is 0 Å². The quantitative estimate of drug-likeness (QED) is 0.182. The van der Waals surface area contributed by atoms with Gasteiger partial charge in [-0.05, 0) is 63.9 Å². The lowest BCUT2D eigenvalue weighted by Gasteiger charge is -2.13. The van der Waals surface area contributed by atoms with E-state index < -0.39 is 0 Å². The Bertz CT molecular complexity index is 1410. The second-order valence-corrected chi connectivity index (χ2v) is 8.96. The van der Waals surface area contributed by atoms with Crippen molar-refractivity contribution < 1.29 is 9.47 Å². The van der Waals surface area contributed by atoms with Crippen LogP contribution in [-0.4, -0.2) is 7.11 Å². The number of allylic oxidation sites excluding steroid dienone is 1. The van der Waals surface area contributed by atoms with Crippen LogP contribution in [0.5, 0.6) is 11.5 Å². The minimum Gasteiger partial charge on any atom is -0.493 e. The van der Waals surface area contributed by atoms with Crippen molar-refractivity contribution in [2.24, 2.45) is 0 Å². The number of nitriles is 1. The van der Waals surface area contributed by atoms with E-state index in [1.165, 1.54) is 0 Å². The number of fused-ring (bicyclic) bond motifs is 1. The van der Waals surface area contributed by atoms with E-state index in [0.29, 0.717) is 33.7 Å². The molecule has 6 heteroatoms. The number of hydrogen-bond acceptors (Lipinski definition) is 3. The summed E-state index contributed by atoms with van der Waals surface area (Å²) in [6.45, 7) is 0.301. The molecule has 0 aliphatic rings. The summed E-state index contributed by atoms with van der Waals surface area (Å²) in [7, 11) is 1.58. The number of benzene rings is 4. The Hall–Kier alpha value is -2.97. The van der Waals surface area contributed by atoms with Gasteiger partial charge in [0.2, 0.25) is 0 Å². The molecule has 4 aromatic rings. The molecule has 0 amide bonds. The average molecular weight is 539 g/mol. The molecule has 0 fully saturated rings. The number of ether oxygens (including phenoxy) is 2. The average Bonchev–Trinajstić information content (AvgIpc) is 2.83. The van der Waals surface area contributed by atoms with E-state index in [-0.39, 0.29) is 0 Å². The minimum atomic E-state index is 0.301. The molecule has 0 radical (unpaired) electrons. The highest BCUT2D eigenvalue weighted by molar-refractivity contribution is 9.10. The summed E-state index contributed by atoms with van der Waals surface area (Å²) in [6.07, 6.45) is 1.83. The van der Waals surface area contributed by atoms with Gasteiger partial charge < -0.3 is 9.47 Å². The molecule has 3 nitrogen and oxygen atoms in total. The molecule has 0 saturated heterocycles. The van der Waals surface area contributed by atoms with Gasteiger partial charge in [0.05, 0.1) is 28.8 Å². The largest absolute Gasteiger partial charge is 0.493 e. The van der Waals surface area contributed by atoms with Crippen molar-refractivity contribution in [3.05, 3.63) is 104 Å². The molecule has 0 unspecified atom stereocenters. The monoisotopic (exact) mass is 537 g/mol. The van der Waals surface area contributed by atoms with E-state index in [1.54, 1.807) is 19.2 Å². The van der Waals surface area contributed by atoms with Crippen molar-refractivity contribution in [3.8, 4) is 17.6 Å². The first-order chi connectivity index (χ1) is 16.0. The first-order valence-electron chi connectivity index (χ1n) is 10.0. The maximum atomic E-state index is 9.83. The van der Waals surface area contributed by atoms with Crippen LogP contribution in [0.3, 0.4) is 0 Å². The predicted octanol–water partition coefficient (Wildman–Crippen LogP) is 8.56. The lowest BCUT2D eigenvalue weighted by molar-refractivity contribution is 0.284. The lowest BCUT2D eigenvalue weighted by atomic mass is 10.00. The van der Waals surface area contributed by atoms with Crippen LogP contribution in [0.4, 0.5) is 0 Å². The van der Waals surface area contributed by atoms with Crippen LogP contribution in [0.2, 0.25) is 10.0 Å². The van der Waals surface area contributed by atoms with Gasteiger partial charge in [-0.25, -0.2) is 0 Å². The van der Waals surface area contributed by atoms with Crippen molar-refractivity contribution in [3.63, 3.8) is 0 Å². The lowest BCUT2D eigenvalue weighted by Crippen LogP contribution is -1.98. The molecule has 0 bridgehead atoms. The Labute approximate surface area is 210 Å². The summed E-state index contributed by atoms with van der Waals surface area (Å²) >= 11 is 15.7. The second kappa shape index (κ2) is 10.3. The third-order valence-corrected chi connectivity index (χ3v) is 6.57. The van der Waals surface area contributed by atoms with Gasteiger partial charge in [0, 0.05) is 4.47 Å². The fourth-order valence-corrected chi connectivity index (χ4v) is 4.17. The molecule has 0 heterocycles. The molecular formula is C27H18BrCl2NO2. The Kier molecular flexibility index (Phi) is 7.25. The maximum Gasteiger partial charge on any atom is 0.162 e. The first kappa shape index (κ1) is 23.2. The Morgan fingerprint density at radius 2 is 1.73 bits per heavy atom. The summed E-state index contributed by atoms with van der Waals surface area (Å²) in [4.78, 5) is 0. The number of methoxy groups -OCH3 is 1. The van der Waals surface area contributed by atoms with Crippen molar-refractivity contribution in [2.45, 2.75) is 6.61 Å². The van der Waals surface area contributed by atoms with Crippen molar-refractivity contribution >= 4 is 61.6 Å². The number of halogens is 3. The van der Waals surface area contributed by atoms with Crippen molar-refractivity contribution in [1.82, 2.24) is 0 Å². The Balaban J connectivity index is 1.63. The van der Waals surface area contributed by atoms with Gasteiger partial charge in [0.15, 0.2) is 11.5 Å². The standard InChI is InChI=1S/C27H18BrCl2NO2/c1-32-26-13-21(12-22(15-31)20-8-7-18-4-2-3-5-19(18)11-20)23(28)14-27(26)33-16-17-6-9-24(29)25(30)10-17/h2-14H,16H2,1H3/b22-12-. The zero-order chi connectivity index (χ0) is 23.4. The van der Waals surface area contributed by atoms with E-state index in [4.69, 9.17) is 32.7 Å². The van der Waals surface area contributed by atoms with Gasteiger partial charge in [0.1, 0.15) is 6.61 Å². The van der Waals surface area contributed by atoms with Crippen LogP contribution >= 0.6 is 39.1 Å². The SMILES string of the molecule is COc1cc(/C=C(/C#N)c2ccc3ccccc3c2)c(Br)cc1OCc1ccc(Cl)c(Cl)c1. The number of hydrogen-bond donors (Lipinski definition) is 0. The van der Waals surface area contributed by atoms with Crippen LogP contribution in [0.15, 0.2) is 77.3 Å². The molecule has 0 atom stereocenters. The van der Waals surface area contributed by atoms with Crippen LogP contribution in [0.25, 0.3) is 22.4 Å². The van der Waals surface area contributed by atoms with Gasteiger partial charge >= 0.3 is 0 Å².